The maximum absolute atomic E-state index is 5.82. The van der Waals surface area contributed by atoms with Crippen molar-refractivity contribution < 1.29 is 4.74 Å². The Morgan fingerprint density at radius 1 is 1.12 bits per heavy atom. The van der Waals surface area contributed by atoms with Gasteiger partial charge in [0.15, 0.2) is 0 Å². The first-order valence-electron chi connectivity index (χ1n) is 7.71. The number of rotatable bonds is 3. The van der Waals surface area contributed by atoms with Crippen molar-refractivity contribution >= 4 is 16.9 Å². The Kier molecular flexibility index (Phi) is 3.53. The van der Waals surface area contributed by atoms with E-state index in [2.05, 4.69) is 20.2 Å². The van der Waals surface area contributed by atoms with E-state index in [-0.39, 0.29) is 5.95 Å². The monoisotopic (exact) mass is 332 g/mol. The van der Waals surface area contributed by atoms with Gasteiger partial charge in [0.2, 0.25) is 5.95 Å². The van der Waals surface area contributed by atoms with E-state index in [4.69, 9.17) is 10.5 Å². The standard InChI is InChI=1S/C18H16N6O/c1-24-10-14(13-8-12(25-2)5-6-15(13)24)17-16(22-23-18(19)21-17)11-4-3-7-20-9-11/h3-10H,1-2H3,(H2,19,21,23). The highest BCUT2D eigenvalue weighted by molar-refractivity contribution is 5.98. The quantitative estimate of drug-likeness (QED) is 0.620. The molecule has 0 saturated heterocycles. The number of aryl methyl sites for hydroxylation is 1. The first-order valence-corrected chi connectivity index (χ1v) is 7.71. The number of nitrogen functional groups attached to an aromatic ring is 1. The number of fused-ring (bicyclic) bond motifs is 1. The van der Waals surface area contributed by atoms with Crippen LogP contribution in [0.2, 0.25) is 0 Å². The first kappa shape index (κ1) is 15.1. The Balaban J connectivity index is 2.02. The summed E-state index contributed by atoms with van der Waals surface area (Å²) in [5.74, 6) is 0.903. The molecule has 0 saturated carbocycles. The van der Waals surface area contributed by atoms with Gasteiger partial charge in [0, 0.05) is 47.7 Å². The highest BCUT2D eigenvalue weighted by Crippen LogP contribution is 2.36. The van der Waals surface area contributed by atoms with Crippen LogP contribution in [0.15, 0.2) is 48.9 Å². The molecule has 0 amide bonds. The average molecular weight is 332 g/mol. The van der Waals surface area contributed by atoms with Crippen molar-refractivity contribution in [2.75, 3.05) is 12.8 Å². The number of nitrogens with two attached hydrogens (primary N) is 1. The van der Waals surface area contributed by atoms with Gasteiger partial charge in [0.1, 0.15) is 17.1 Å². The van der Waals surface area contributed by atoms with Crippen LogP contribution in [-0.4, -0.2) is 31.8 Å². The van der Waals surface area contributed by atoms with Gasteiger partial charge in [-0.15, -0.1) is 10.2 Å². The number of methoxy groups -OCH3 is 1. The van der Waals surface area contributed by atoms with Gasteiger partial charge < -0.3 is 15.0 Å². The third-order valence-electron chi connectivity index (χ3n) is 4.09. The number of benzene rings is 1. The zero-order valence-electron chi connectivity index (χ0n) is 13.8. The second kappa shape index (κ2) is 5.86. The summed E-state index contributed by atoms with van der Waals surface area (Å²) in [6.07, 6.45) is 5.45. The smallest absolute Gasteiger partial charge is 0.240 e. The summed E-state index contributed by atoms with van der Waals surface area (Å²) in [6, 6.07) is 9.70. The molecule has 3 aromatic heterocycles. The molecule has 1 aromatic carbocycles. The van der Waals surface area contributed by atoms with E-state index in [1.165, 1.54) is 0 Å². The van der Waals surface area contributed by atoms with E-state index in [0.717, 1.165) is 27.8 Å². The van der Waals surface area contributed by atoms with Crippen LogP contribution in [0.3, 0.4) is 0 Å². The van der Waals surface area contributed by atoms with Crippen LogP contribution >= 0.6 is 0 Å². The second-order valence-electron chi connectivity index (χ2n) is 5.65. The summed E-state index contributed by atoms with van der Waals surface area (Å²) in [6.45, 7) is 0. The van der Waals surface area contributed by atoms with Crippen LogP contribution in [0, 0.1) is 0 Å². The van der Waals surface area contributed by atoms with Crippen molar-refractivity contribution in [3.63, 3.8) is 0 Å². The Morgan fingerprint density at radius 3 is 2.76 bits per heavy atom. The molecule has 7 nitrogen and oxygen atoms in total. The fourth-order valence-electron chi connectivity index (χ4n) is 2.91. The molecule has 0 radical (unpaired) electrons. The lowest BCUT2D eigenvalue weighted by Crippen LogP contribution is -2.02. The highest BCUT2D eigenvalue weighted by atomic mass is 16.5. The minimum absolute atomic E-state index is 0.127. The van der Waals surface area contributed by atoms with Crippen LogP contribution in [0.4, 0.5) is 5.95 Å². The van der Waals surface area contributed by atoms with Crippen molar-refractivity contribution in [1.82, 2.24) is 24.7 Å². The summed E-state index contributed by atoms with van der Waals surface area (Å²) in [7, 11) is 3.63. The Morgan fingerprint density at radius 2 is 2.00 bits per heavy atom. The summed E-state index contributed by atoms with van der Waals surface area (Å²) in [5.41, 5.74) is 9.93. The number of nitrogens with zero attached hydrogens (tertiary/aromatic N) is 5. The van der Waals surface area contributed by atoms with Crippen LogP contribution in [0.1, 0.15) is 0 Å². The van der Waals surface area contributed by atoms with Gasteiger partial charge in [-0.25, -0.2) is 4.98 Å². The fourth-order valence-corrected chi connectivity index (χ4v) is 2.91. The Labute approximate surface area is 144 Å². The molecule has 25 heavy (non-hydrogen) atoms. The van der Waals surface area contributed by atoms with Crippen molar-refractivity contribution in [2.24, 2.45) is 7.05 Å². The summed E-state index contributed by atoms with van der Waals surface area (Å²) in [5, 5.41) is 9.19. The lowest BCUT2D eigenvalue weighted by molar-refractivity contribution is 0.415. The number of pyridine rings is 1. The molecule has 0 bridgehead atoms. The zero-order chi connectivity index (χ0) is 17.4. The summed E-state index contributed by atoms with van der Waals surface area (Å²) < 4.78 is 7.41. The molecule has 2 N–H and O–H groups in total. The number of anilines is 1. The highest BCUT2D eigenvalue weighted by Gasteiger charge is 2.18. The Hall–Kier alpha value is -3.48. The molecule has 0 unspecified atom stereocenters. The molecule has 4 aromatic rings. The van der Waals surface area contributed by atoms with Gasteiger partial charge in [0.05, 0.1) is 7.11 Å². The van der Waals surface area contributed by atoms with E-state index in [1.54, 1.807) is 19.5 Å². The zero-order valence-corrected chi connectivity index (χ0v) is 13.8. The van der Waals surface area contributed by atoms with Gasteiger partial charge in [0.25, 0.3) is 0 Å². The maximum Gasteiger partial charge on any atom is 0.240 e. The third kappa shape index (κ3) is 2.55. The van der Waals surface area contributed by atoms with Gasteiger partial charge in [-0.1, -0.05) is 0 Å². The molecule has 7 heteroatoms. The van der Waals surface area contributed by atoms with E-state index >= 15 is 0 Å². The first-order chi connectivity index (χ1) is 12.2. The molecular formula is C18H16N6O. The van der Waals surface area contributed by atoms with Gasteiger partial charge in [-0.05, 0) is 30.3 Å². The second-order valence-corrected chi connectivity index (χ2v) is 5.65. The molecule has 0 aliphatic heterocycles. The molecule has 124 valence electrons. The predicted octanol–water partition coefficient (Wildman–Crippen LogP) is 2.68. The predicted molar refractivity (Wildman–Crippen MR) is 95.9 cm³/mol. The molecule has 3 heterocycles. The minimum atomic E-state index is 0.127. The van der Waals surface area contributed by atoms with Crippen molar-refractivity contribution in [3.05, 3.63) is 48.9 Å². The lowest BCUT2D eigenvalue weighted by Gasteiger charge is -2.07. The average Bonchev–Trinajstić information content (AvgIpc) is 2.98. The molecule has 0 atom stereocenters. The number of aromatic nitrogens is 5. The topological polar surface area (TPSA) is 91.7 Å². The van der Waals surface area contributed by atoms with Gasteiger partial charge in [-0.3, -0.25) is 4.98 Å². The van der Waals surface area contributed by atoms with Crippen molar-refractivity contribution in [1.29, 1.82) is 0 Å². The molecule has 0 aliphatic rings. The number of hydrogen-bond acceptors (Lipinski definition) is 6. The minimum Gasteiger partial charge on any atom is -0.497 e. The Bertz CT molecular complexity index is 1060. The molecule has 0 spiro atoms. The normalized spacial score (nSPS) is 11.0. The third-order valence-corrected chi connectivity index (χ3v) is 4.09. The van der Waals surface area contributed by atoms with Crippen LogP contribution in [0.25, 0.3) is 33.4 Å². The summed E-state index contributed by atoms with van der Waals surface area (Å²) in [4.78, 5) is 8.62. The largest absolute Gasteiger partial charge is 0.497 e. The van der Waals surface area contributed by atoms with Crippen LogP contribution < -0.4 is 10.5 Å². The molecule has 4 rings (SSSR count). The number of hydrogen-bond donors (Lipinski definition) is 1. The molecule has 0 aliphatic carbocycles. The van der Waals surface area contributed by atoms with Crippen molar-refractivity contribution in [3.8, 4) is 28.3 Å². The van der Waals surface area contributed by atoms with E-state index in [9.17, 15) is 0 Å². The fraction of sp³-hybridized carbons (Fsp3) is 0.111. The number of ether oxygens (including phenoxy) is 1. The van der Waals surface area contributed by atoms with Crippen LogP contribution in [0.5, 0.6) is 5.75 Å². The molecular weight excluding hydrogens is 316 g/mol. The lowest BCUT2D eigenvalue weighted by atomic mass is 10.0. The maximum atomic E-state index is 5.82. The van der Waals surface area contributed by atoms with Crippen molar-refractivity contribution in [2.45, 2.75) is 0 Å². The summed E-state index contributed by atoms with van der Waals surface area (Å²) >= 11 is 0. The van der Waals surface area contributed by atoms with E-state index in [0.29, 0.717) is 11.4 Å². The van der Waals surface area contributed by atoms with Gasteiger partial charge >= 0.3 is 0 Å². The van der Waals surface area contributed by atoms with Gasteiger partial charge in [-0.2, -0.15) is 0 Å². The van der Waals surface area contributed by atoms with Crippen LogP contribution in [-0.2, 0) is 7.05 Å². The SMILES string of the molecule is COc1ccc2c(c1)c(-c1nc(N)nnc1-c1cccnc1)cn2C. The van der Waals surface area contributed by atoms with E-state index < -0.39 is 0 Å². The van der Waals surface area contributed by atoms with E-state index in [1.807, 2.05) is 48.1 Å². The molecule has 0 fully saturated rings.